The van der Waals surface area contributed by atoms with Crippen molar-refractivity contribution in [1.29, 1.82) is 0 Å². The number of likely N-dealkylation sites (tertiary alicyclic amines) is 1. The molecular formula is C25H28N2O5. The van der Waals surface area contributed by atoms with Gasteiger partial charge in [0.25, 0.3) is 0 Å². The Bertz CT molecular complexity index is 1050. The number of hydrogen-bond acceptors (Lipinski definition) is 5. The summed E-state index contributed by atoms with van der Waals surface area (Å²) in [6, 6.07) is 13.1. The number of carbonyl (C=O) groups excluding carboxylic acids is 3. The summed E-state index contributed by atoms with van der Waals surface area (Å²) in [6.45, 7) is 1.87. The predicted molar refractivity (Wildman–Crippen MR) is 118 cm³/mol. The van der Waals surface area contributed by atoms with Gasteiger partial charge in [-0.15, -0.1) is 0 Å². The first-order chi connectivity index (χ1) is 15.4. The zero-order chi connectivity index (χ0) is 22.9. The minimum absolute atomic E-state index is 0.0709. The Morgan fingerprint density at radius 1 is 1.12 bits per heavy atom. The van der Waals surface area contributed by atoms with Gasteiger partial charge in [-0.3, -0.25) is 19.3 Å². The number of imide groups is 1. The SMILES string of the molecule is COc1cc2c(cc1OC)[C@@H](NC(=O)CCN1C(=O)C[C@@](C)(c3ccccc3)C1=O)CC2. The molecule has 0 bridgehead atoms. The van der Waals surface area contributed by atoms with Crippen molar-refractivity contribution < 1.29 is 23.9 Å². The van der Waals surface area contributed by atoms with Crippen LogP contribution in [0.1, 0.15) is 48.9 Å². The van der Waals surface area contributed by atoms with Gasteiger partial charge in [-0.25, -0.2) is 0 Å². The highest BCUT2D eigenvalue weighted by Gasteiger charge is 2.49. The number of nitrogens with zero attached hydrogens (tertiary/aromatic N) is 1. The molecule has 1 heterocycles. The predicted octanol–water partition coefficient (Wildman–Crippen LogP) is 2.91. The lowest BCUT2D eigenvalue weighted by Gasteiger charge is -2.23. The van der Waals surface area contributed by atoms with Gasteiger partial charge in [0.15, 0.2) is 11.5 Å². The Morgan fingerprint density at radius 3 is 2.50 bits per heavy atom. The van der Waals surface area contributed by atoms with Crippen LogP contribution in [0.4, 0.5) is 0 Å². The molecule has 0 radical (unpaired) electrons. The summed E-state index contributed by atoms with van der Waals surface area (Å²) in [5.74, 6) is 0.625. The van der Waals surface area contributed by atoms with Crippen LogP contribution in [0.25, 0.3) is 0 Å². The molecular weight excluding hydrogens is 408 g/mol. The molecule has 1 aliphatic carbocycles. The number of fused-ring (bicyclic) bond motifs is 1. The molecule has 0 spiro atoms. The van der Waals surface area contributed by atoms with Gasteiger partial charge in [0.2, 0.25) is 17.7 Å². The average molecular weight is 437 g/mol. The number of rotatable bonds is 7. The van der Waals surface area contributed by atoms with Gasteiger partial charge in [-0.2, -0.15) is 0 Å². The molecule has 32 heavy (non-hydrogen) atoms. The van der Waals surface area contributed by atoms with E-state index in [1.54, 1.807) is 21.1 Å². The molecule has 2 aliphatic rings. The number of methoxy groups -OCH3 is 2. The van der Waals surface area contributed by atoms with Gasteiger partial charge in [0.05, 0.1) is 25.7 Å². The van der Waals surface area contributed by atoms with Gasteiger partial charge in [-0.1, -0.05) is 30.3 Å². The van der Waals surface area contributed by atoms with Crippen LogP contribution in [0.15, 0.2) is 42.5 Å². The molecule has 1 N–H and O–H groups in total. The number of amides is 3. The summed E-state index contributed by atoms with van der Waals surface area (Å²) in [7, 11) is 3.18. The number of hydrogen-bond donors (Lipinski definition) is 1. The van der Waals surface area contributed by atoms with E-state index in [9.17, 15) is 14.4 Å². The lowest BCUT2D eigenvalue weighted by molar-refractivity contribution is -0.140. The van der Waals surface area contributed by atoms with E-state index in [-0.39, 0.29) is 43.1 Å². The van der Waals surface area contributed by atoms with E-state index in [1.165, 1.54) is 4.90 Å². The third-order valence-corrected chi connectivity index (χ3v) is 6.55. The second-order valence-electron chi connectivity index (χ2n) is 8.54. The van der Waals surface area contributed by atoms with E-state index in [0.717, 1.165) is 29.5 Å². The largest absolute Gasteiger partial charge is 0.493 e. The standard InChI is InChI=1S/C25H28N2O5/c1-25(17-7-5-4-6-8-17)15-23(29)27(24(25)30)12-11-22(28)26-19-10-9-16-13-20(31-2)21(32-3)14-18(16)19/h4-8,13-14,19H,9-12,15H2,1-3H3,(H,26,28)/t19-,25-/m0/s1. The summed E-state index contributed by atoms with van der Waals surface area (Å²) in [5.41, 5.74) is 2.07. The highest BCUT2D eigenvalue weighted by Crippen LogP contribution is 2.39. The molecule has 4 rings (SSSR count). The van der Waals surface area contributed by atoms with E-state index in [1.807, 2.05) is 42.5 Å². The normalized spacial score (nSPS) is 22.1. The molecule has 168 valence electrons. The van der Waals surface area contributed by atoms with Gasteiger partial charge in [-0.05, 0) is 48.6 Å². The summed E-state index contributed by atoms with van der Waals surface area (Å²) >= 11 is 0. The molecule has 2 atom stereocenters. The van der Waals surface area contributed by atoms with Gasteiger partial charge < -0.3 is 14.8 Å². The molecule has 0 saturated carbocycles. The summed E-state index contributed by atoms with van der Waals surface area (Å²) in [4.78, 5) is 39.5. The number of ether oxygens (including phenoxy) is 2. The highest BCUT2D eigenvalue weighted by molar-refractivity contribution is 6.09. The molecule has 7 nitrogen and oxygen atoms in total. The van der Waals surface area contributed by atoms with Crippen molar-refractivity contribution in [3.8, 4) is 11.5 Å². The Balaban J connectivity index is 1.39. The average Bonchev–Trinajstić information content (AvgIpc) is 3.29. The lowest BCUT2D eigenvalue weighted by Crippen LogP contribution is -2.39. The van der Waals surface area contributed by atoms with E-state index in [4.69, 9.17) is 9.47 Å². The maximum atomic E-state index is 13.0. The minimum atomic E-state index is -0.880. The van der Waals surface area contributed by atoms with Crippen LogP contribution in [0.2, 0.25) is 0 Å². The zero-order valence-corrected chi connectivity index (χ0v) is 18.6. The van der Waals surface area contributed by atoms with Crippen LogP contribution in [0, 0.1) is 0 Å². The van der Waals surface area contributed by atoms with E-state index >= 15 is 0 Å². The van der Waals surface area contributed by atoms with Crippen molar-refractivity contribution in [3.63, 3.8) is 0 Å². The highest BCUT2D eigenvalue weighted by atomic mass is 16.5. The van der Waals surface area contributed by atoms with Crippen molar-refractivity contribution >= 4 is 17.7 Å². The molecule has 2 aromatic carbocycles. The lowest BCUT2D eigenvalue weighted by atomic mass is 9.81. The Kier molecular flexibility index (Phi) is 5.91. The maximum Gasteiger partial charge on any atom is 0.240 e. The van der Waals surface area contributed by atoms with Crippen molar-refractivity contribution in [2.75, 3.05) is 20.8 Å². The number of benzene rings is 2. The van der Waals surface area contributed by atoms with Crippen LogP contribution in [-0.4, -0.2) is 43.4 Å². The fraction of sp³-hybridized carbons (Fsp3) is 0.400. The van der Waals surface area contributed by atoms with Crippen molar-refractivity contribution in [2.24, 2.45) is 0 Å². The summed E-state index contributed by atoms with van der Waals surface area (Å²) < 4.78 is 10.8. The number of aryl methyl sites for hydroxylation is 1. The van der Waals surface area contributed by atoms with Crippen LogP contribution >= 0.6 is 0 Å². The third kappa shape index (κ3) is 3.83. The first-order valence-corrected chi connectivity index (χ1v) is 10.8. The molecule has 3 amide bonds. The second kappa shape index (κ2) is 8.65. The van der Waals surface area contributed by atoms with Crippen molar-refractivity contribution in [1.82, 2.24) is 10.2 Å². The maximum absolute atomic E-state index is 13.0. The quantitative estimate of drug-likeness (QED) is 0.675. The molecule has 0 unspecified atom stereocenters. The first-order valence-electron chi connectivity index (χ1n) is 10.8. The van der Waals surface area contributed by atoms with E-state index in [0.29, 0.717) is 11.5 Å². The molecule has 1 aliphatic heterocycles. The first kappa shape index (κ1) is 21.9. The topological polar surface area (TPSA) is 84.9 Å². The molecule has 0 aromatic heterocycles. The zero-order valence-electron chi connectivity index (χ0n) is 18.6. The number of nitrogens with one attached hydrogen (secondary N) is 1. The van der Waals surface area contributed by atoms with E-state index < -0.39 is 5.41 Å². The van der Waals surface area contributed by atoms with Gasteiger partial charge in [0, 0.05) is 19.4 Å². The summed E-state index contributed by atoms with van der Waals surface area (Å²) in [5, 5.41) is 3.05. The molecule has 1 saturated heterocycles. The van der Waals surface area contributed by atoms with Crippen LogP contribution in [-0.2, 0) is 26.2 Å². The van der Waals surface area contributed by atoms with Gasteiger partial charge in [0.1, 0.15) is 0 Å². The third-order valence-electron chi connectivity index (χ3n) is 6.55. The fourth-order valence-electron chi connectivity index (χ4n) is 4.71. The Morgan fingerprint density at radius 2 is 1.81 bits per heavy atom. The number of carbonyl (C=O) groups is 3. The molecule has 7 heteroatoms. The molecule has 1 fully saturated rings. The van der Waals surface area contributed by atoms with E-state index in [2.05, 4.69) is 5.32 Å². The van der Waals surface area contributed by atoms with Crippen LogP contribution in [0.3, 0.4) is 0 Å². The van der Waals surface area contributed by atoms with Crippen molar-refractivity contribution in [2.45, 2.75) is 44.1 Å². The fourth-order valence-corrected chi connectivity index (χ4v) is 4.71. The van der Waals surface area contributed by atoms with Crippen molar-refractivity contribution in [3.05, 3.63) is 59.2 Å². The Hall–Kier alpha value is -3.35. The monoisotopic (exact) mass is 436 g/mol. The molecule has 2 aromatic rings. The Labute approximate surface area is 187 Å². The van der Waals surface area contributed by atoms with Gasteiger partial charge >= 0.3 is 0 Å². The summed E-state index contributed by atoms with van der Waals surface area (Å²) in [6.07, 6.45) is 1.81. The van der Waals surface area contributed by atoms with Crippen LogP contribution in [0.5, 0.6) is 11.5 Å². The smallest absolute Gasteiger partial charge is 0.240 e. The minimum Gasteiger partial charge on any atom is -0.493 e. The van der Waals surface area contributed by atoms with Crippen LogP contribution < -0.4 is 14.8 Å². The second-order valence-corrected chi connectivity index (χ2v) is 8.54.